The molecule has 0 unspecified atom stereocenters. The van der Waals surface area contributed by atoms with Gasteiger partial charge < -0.3 is 5.11 Å². The normalized spacial score (nSPS) is 10.8. The van der Waals surface area contributed by atoms with Gasteiger partial charge in [-0.2, -0.15) is 0 Å². The van der Waals surface area contributed by atoms with Gasteiger partial charge in [-0.05, 0) is 12.0 Å². The molecule has 0 amide bonds. The number of aliphatic hydroxyl groups excluding tert-OH is 1. The van der Waals surface area contributed by atoms with Crippen LogP contribution in [0.2, 0.25) is 0 Å². The highest BCUT2D eigenvalue weighted by molar-refractivity contribution is 5.95. The minimum absolute atomic E-state index is 0.167. The molecule has 80 valence electrons. The first-order valence-corrected chi connectivity index (χ1v) is 5.18. The van der Waals surface area contributed by atoms with Gasteiger partial charge in [-0.3, -0.25) is 4.79 Å². The number of aliphatic hydroxyl groups is 1. The topological polar surface area (TPSA) is 37.3 Å². The number of carbonyl (C=O) groups excluding carboxylic acids is 1. The molecule has 0 aliphatic rings. The summed E-state index contributed by atoms with van der Waals surface area (Å²) >= 11 is 0. The largest absolute Gasteiger partial charge is 0.396 e. The molecule has 15 heavy (non-hydrogen) atoms. The van der Waals surface area contributed by atoms with Gasteiger partial charge in [0.1, 0.15) is 0 Å². The molecule has 0 bridgehead atoms. The molecule has 2 heteroatoms. The Kier molecular flexibility index (Phi) is 4.78. The van der Waals surface area contributed by atoms with Crippen molar-refractivity contribution in [2.24, 2.45) is 0 Å². The number of hydrogen-bond acceptors (Lipinski definition) is 2. The molecular weight excluding hydrogens is 188 g/mol. The summed E-state index contributed by atoms with van der Waals surface area (Å²) in [5, 5.41) is 8.60. The van der Waals surface area contributed by atoms with E-state index < -0.39 is 0 Å². The maximum atomic E-state index is 11.3. The molecular formula is C13H16O2. The smallest absolute Gasteiger partial charge is 0.162 e. The van der Waals surface area contributed by atoms with Crippen molar-refractivity contribution in [2.45, 2.75) is 19.8 Å². The zero-order valence-electron chi connectivity index (χ0n) is 8.94. The average Bonchev–Trinajstić information content (AvgIpc) is 2.29. The molecule has 0 heterocycles. The van der Waals surface area contributed by atoms with Crippen LogP contribution in [0.1, 0.15) is 35.7 Å². The first-order chi connectivity index (χ1) is 7.27. The number of rotatable bonds is 5. The van der Waals surface area contributed by atoms with E-state index >= 15 is 0 Å². The molecule has 1 aromatic carbocycles. The Morgan fingerprint density at radius 2 is 2.00 bits per heavy atom. The molecule has 0 spiro atoms. The van der Waals surface area contributed by atoms with Crippen molar-refractivity contribution in [1.82, 2.24) is 0 Å². The van der Waals surface area contributed by atoms with Crippen molar-refractivity contribution in [1.29, 1.82) is 0 Å². The van der Waals surface area contributed by atoms with Gasteiger partial charge in [0.15, 0.2) is 5.78 Å². The van der Waals surface area contributed by atoms with Crippen molar-refractivity contribution in [2.75, 3.05) is 6.61 Å². The number of hydrogen-bond donors (Lipinski definition) is 1. The second-order valence-electron chi connectivity index (χ2n) is 3.31. The van der Waals surface area contributed by atoms with Crippen LogP contribution >= 0.6 is 0 Å². The van der Waals surface area contributed by atoms with E-state index in [0.29, 0.717) is 12.8 Å². The lowest BCUT2D eigenvalue weighted by Crippen LogP contribution is -1.95. The second-order valence-corrected chi connectivity index (χ2v) is 3.31. The highest BCUT2D eigenvalue weighted by Crippen LogP contribution is 2.08. The van der Waals surface area contributed by atoms with E-state index in [-0.39, 0.29) is 12.4 Å². The fraction of sp³-hybridized carbons (Fsp3) is 0.308. The van der Waals surface area contributed by atoms with Crippen LogP contribution in [0.15, 0.2) is 30.3 Å². The van der Waals surface area contributed by atoms with Crippen LogP contribution in [0.3, 0.4) is 0 Å². The second kappa shape index (κ2) is 6.14. The summed E-state index contributed by atoms with van der Waals surface area (Å²) in [4.78, 5) is 11.3. The Morgan fingerprint density at radius 1 is 1.33 bits per heavy atom. The third-order valence-electron chi connectivity index (χ3n) is 2.16. The van der Waals surface area contributed by atoms with Gasteiger partial charge in [0.05, 0.1) is 0 Å². The van der Waals surface area contributed by atoms with E-state index in [1.807, 2.05) is 43.3 Å². The highest BCUT2D eigenvalue weighted by atomic mass is 16.2. The summed E-state index contributed by atoms with van der Waals surface area (Å²) in [6, 6.07) is 7.50. The molecule has 0 aliphatic heterocycles. The number of benzene rings is 1. The van der Waals surface area contributed by atoms with Gasteiger partial charge in [0.2, 0.25) is 0 Å². The predicted molar refractivity (Wildman–Crippen MR) is 61.8 cm³/mol. The summed E-state index contributed by atoms with van der Waals surface area (Å²) in [5.74, 6) is 0.167. The summed E-state index contributed by atoms with van der Waals surface area (Å²) in [5.41, 5.74) is 1.81. The Bertz CT molecular complexity index is 336. The SMILES string of the molecule is CCC(=O)c1ccc(C=CCCO)cc1. The molecule has 0 aliphatic carbocycles. The minimum atomic E-state index is 0.167. The standard InChI is InChI=1S/C13H16O2/c1-2-13(15)12-8-6-11(7-9-12)5-3-4-10-14/h3,5-9,14H,2,4,10H2,1H3. The lowest BCUT2D eigenvalue weighted by atomic mass is 10.1. The third kappa shape index (κ3) is 3.68. The van der Waals surface area contributed by atoms with Gasteiger partial charge >= 0.3 is 0 Å². The van der Waals surface area contributed by atoms with Crippen LogP contribution in [0.4, 0.5) is 0 Å². The highest BCUT2D eigenvalue weighted by Gasteiger charge is 2.00. The average molecular weight is 204 g/mol. The van der Waals surface area contributed by atoms with Crippen molar-refractivity contribution < 1.29 is 9.90 Å². The van der Waals surface area contributed by atoms with Crippen molar-refractivity contribution in [3.8, 4) is 0 Å². The maximum Gasteiger partial charge on any atom is 0.162 e. The molecule has 1 N–H and O–H groups in total. The predicted octanol–water partition coefficient (Wildman–Crippen LogP) is 2.67. The molecule has 0 radical (unpaired) electrons. The molecule has 0 fully saturated rings. The van der Waals surface area contributed by atoms with E-state index in [0.717, 1.165) is 11.1 Å². The van der Waals surface area contributed by atoms with Crippen molar-refractivity contribution in [3.63, 3.8) is 0 Å². The quantitative estimate of drug-likeness (QED) is 0.749. The van der Waals surface area contributed by atoms with Gasteiger partial charge in [-0.25, -0.2) is 0 Å². The summed E-state index contributed by atoms with van der Waals surface area (Å²) in [6.07, 6.45) is 5.06. The fourth-order valence-corrected chi connectivity index (χ4v) is 1.28. The van der Waals surface area contributed by atoms with Gasteiger partial charge in [0, 0.05) is 18.6 Å². The fourth-order valence-electron chi connectivity index (χ4n) is 1.28. The van der Waals surface area contributed by atoms with Crippen LogP contribution in [0, 0.1) is 0 Å². The molecule has 0 aromatic heterocycles. The van der Waals surface area contributed by atoms with Crippen LogP contribution in [0.25, 0.3) is 6.08 Å². The van der Waals surface area contributed by atoms with E-state index in [9.17, 15) is 4.79 Å². The van der Waals surface area contributed by atoms with E-state index in [1.165, 1.54) is 0 Å². The zero-order valence-corrected chi connectivity index (χ0v) is 8.94. The van der Waals surface area contributed by atoms with Crippen molar-refractivity contribution >= 4 is 11.9 Å². The molecule has 2 nitrogen and oxygen atoms in total. The van der Waals surface area contributed by atoms with Crippen LogP contribution in [-0.2, 0) is 0 Å². The molecule has 0 saturated heterocycles. The minimum Gasteiger partial charge on any atom is -0.396 e. The van der Waals surface area contributed by atoms with E-state index in [4.69, 9.17) is 5.11 Å². The van der Waals surface area contributed by atoms with E-state index in [2.05, 4.69) is 0 Å². The van der Waals surface area contributed by atoms with Gasteiger partial charge in [-0.15, -0.1) is 0 Å². The molecule has 0 saturated carbocycles. The summed E-state index contributed by atoms with van der Waals surface area (Å²) in [6.45, 7) is 2.03. The zero-order chi connectivity index (χ0) is 11.1. The number of Topliss-reactive ketones (excluding diaryl/α,β-unsaturated/α-hetero) is 1. The Labute approximate surface area is 90.3 Å². The Hall–Kier alpha value is -1.41. The molecule has 1 rings (SSSR count). The lowest BCUT2D eigenvalue weighted by molar-refractivity contribution is 0.0988. The number of carbonyl (C=O) groups is 1. The molecule has 0 atom stereocenters. The third-order valence-corrected chi connectivity index (χ3v) is 2.16. The van der Waals surface area contributed by atoms with Crippen LogP contribution in [-0.4, -0.2) is 17.5 Å². The Balaban J connectivity index is 2.68. The molecule has 1 aromatic rings. The first-order valence-electron chi connectivity index (χ1n) is 5.18. The van der Waals surface area contributed by atoms with Crippen LogP contribution < -0.4 is 0 Å². The van der Waals surface area contributed by atoms with Crippen LogP contribution in [0.5, 0.6) is 0 Å². The maximum absolute atomic E-state index is 11.3. The van der Waals surface area contributed by atoms with Gasteiger partial charge in [0.25, 0.3) is 0 Å². The summed E-state index contributed by atoms with van der Waals surface area (Å²) < 4.78 is 0. The first kappa shape index (κ1) is 11.7. The Morgan fingerprint density at radius 3 is 2.53 bits per heavy atom. The van der Waals surface area contributed by atoms with Crippen molar-refractivity contribution in [3.05, 3.63) is 41.5 Å². The number of ketones is 1. The van der Waals surface area contributed by atoms with Gasteiger partial charge in [-0.1, -0.05) is 43.3 Å². The summed E-state index contributed by atoms with van der Waals surface area (Å²) in [7, 11) is 0. The van der Waals surface area contributed by atoms with E-state index in [1.54, 1.807) is 0 Å². The monoisotopic (exact) mass is 204 g/mol. The lowest BCUT2D eigenvalue weighted by Gasteiger charge is -1.98.